The van der Waals surface area contributed by atoms with E-state index in [0.717, 1.165) is 22.3 Å². The third-order valence-corrected chi connectivity index (χ3v) is 20.0. The highest BCUT2D eigenvalue weighted by Crippen LogP contribution is 2.42. The quantitative estimate of drug-likeness (QED) is 0.0310. The van der Waals surface area contributed by atoms with Crippen LogP contribution in [-0.2, 0) is 18.9 Å². The third kappa shape index (κ3) is 20.1. The van der Waals surface area contributed by atoms with Crippen LogP contribution in [0.5, 0.6) is 51.7 Å². The number of hydrogen-bond donors (Lipinski definition) is 8. The van der Waals surface area contributed by atoms with E-state index in [0.29, 0.717) is 129 Å². The molecule has 128 heavy (non-hydrogen) atoms. The lowest BCUT2D eigenvalue weighted by molar-refractivity contribution is 0.0592. The number of ether oxygens (including phenoxy) is 5. The molecule has 0 aliphatic heterocycles. The molecule has 0 amide bonds. The van der Waals surface area contributed by atoms with E-state index in [2.05, 4.69) is 59.8 Å². The van der Waals surface area contributed by atoms with Crippen LogP contribution in [-0.4, -0.2) is 160 Å². The predicted molar refractivity (Wildman–Crippen MR) is 478 cm³/mol. The molecule has 0 radical (unpaired) electrons. The van der Waals surface area contributed by atoms with Gasteiger partial charge in [-0.3, -0.25) is 0 Å². The Bertz CT molecular complexity index is 6820. The van der Waals surface area contributed by atoms with Crippen LogP contribution in [0, 0.1) is 41.5 Å². The van der Waals surface area contributed by atoms with Crippen molar-refractivity contribution in [3.05, 3.63) is 304 Å². The minimum Gasteiger partial charge on any atom is -0.507 e. The zero-order chi connectivity index (χ0) is 91.1. The van der Waals surface area contributed by atoms with Crippen molar-refractivity contribution < 1.29 is 83.7 Å². The van der Waals surface area contributed by atoms with E-state index in [1.54, 1.807) is 224 Å². The summed E-state index contributed by atoms with van der Waals surface area (Å²) >= 11 is 0. The molecule has 0 unspecified atom stereocenters. The molecule has 0 saturated heterocycles. The maximum atomic E-state index is 11.8. The summed E-state index contributed by atoms with van der Waals surface area (Å²) in [5.74, 6) is 2.35. The Kier molecular flexibility index (Phi) is 27.2. The lowest BCUT2D eigenvalue weighted by atomic mass is 10.0. The minimum absolute atomic E-state index is 0.0114. The smallest absolute Gasteiger partial charge is 0.337 e. The summed E-state index contributed by atoms with van der Waals surface area (Å²) in [7, 11) is 6.80. The minimum atomic E-state index is -0.452. The van der Waals surface area contributed by atoms with Gasteiger partial charge in [0.05, 0.1) is 102 Å². The third-order valence-electron chi connectivity index (χ3n) is 20.0. The second-order valence-electron chi connectivity index (χ2n) is 28.8. The van der Waals surface area contributed by atoms with E-state index in [4.69, 9.17) is 23.7 Å². The lowest BCUT2D eigenvalue weighted by Crippen LogP contribution is -2.03. The first-order chi connectivity index (χ1) is 61.6. The first kappa shape index (κ1) is 88.5. The number of nitrogens with zero attached hydrogens (tertiary/aromatic N) is 12. The maximum Gasteiger partial charge on any atom is 0.337 e. The number of aromatic hydroxyl groups is 8. The molecular formula is C99H82N12O17. The monoisotopic (exact) mass is 1710 g/mol. The number of rotatable bonds is 17. The van der Waals surface area contributed by atoms with Crippen LogP contribution in [0.3, 0.4) is 0 Å². The number of carbonyl (C=O) groups excluding carboxylic acids is 4. The van der Waals surface area contributed by atoms with Gasteiger partial charge in [-0.1, -0.05) is 121 Å². The zero-order valence-electron chi connectivity index (χ0n) is 70.8. The Morgan fingerprint density at radius 2 is 0.484 bits per heavy atom. The average molecular weight is 1710 g/mol. The Labute approximate surface area is 733 Å². The predicted octanol–water partition coefficient (Wildman–Crippen LogP) is 18.1. The molecule has 12 aromatic carbocycles. The van der Waals surface area contributed by atoms with Crippen molar-refractivity contribution in [3.8, 4) is 188 Å². The molecule has 29 nitrogen and oxygen atoms in total. The second-order valence-corrected chi connectivity index (χ2v) is 28.8. The molecule has 0 spiro atoms. The van der Waals surface area contributed by atoms with Crippen LogP contribution >= 0.6 is 0 Å². The molecule has 16 aromatic rings. The fraction of sp³-hybridized carbons (Fsp3) is 0.111. The molecule has 0 aliphatic rings. The van der Waals surface area contributed by atoms with Crippen LogP contribution in [0.15, 0.2) is 249 Å². The van der Waals surface area contributed by atoms with Gasteiger partial charge in [-0.25, -0.2) is 79.0 Å². The SMILES string of the molecule is COC(=O)c1ccc(-c2nc(-c3ccccc3O)nc(-c3c(C)cc(C)cc3O)n2)cc1.COC(=O)c1ccc(-c2nc(-c3ccccc3O)nc(-c3c(C)cc(OC)cc3O)n2)cc1.COC(=O)c1ccc(-c2nc(-c3ccccc3O)nc(-c3c(C)cccc3O)n2)cc1.COC(=O)c1ccc(-c2nc(-c3ccccc3O)nc(-c3cc(C)cc(C)c3O)n2)cc1. The maximum absolute atomic E-state index is 11.8. The number of phenols is 8. The average Bonchev–Trinajstić information content (AvgIpc) is 0.794. The van der Waals surface area contributed by atoms with Gasteiger partial charge in [0.15, 0.2) is 69.9 Å². The van der Waals surface area contributed by atoms with E-state index in [-0.39, 0.29) is 92.6 Å². The number of methoxy groups -OCH3 is 5. The molecule has 640 valence electrons. The van der Waals surface area contributed by atoms with Gasteiger partial charge in [-0.2, -0.15) is 0 Å². The van der Waals surface area contributed by atoms with Crippen molar-refractivity contribution in [2.45, 2.75) is 41.5 Å². The van der Waals surface area contributed by atoms with Gasteiger partial charge < -0.3 is 64.5 Å². The number of hydrogen-bond acceptors (Lipinski definition) is 29. The zero-order valence-corrected chi connectivity index (χ0v) is 70.8. The lowest BCUT2D eigenvalue weighted by Gasteiger charge is -2.13. The molecule has 16 rings (SSSR count). The number of aromatic nitrogens is 12. The van der Waals surface area contributed by atoms with Gasteiger partial charge in [0.1, 0.15) is 51.7 Å². The Morgan fingerprint density at radius 3 is 0.781 bits per heavy atom. The molecule has 8 N–H and O–H groups in total. The second kappa shape index (κ2) is 39.3. The fourth-order valence-electron chi connectivity index (χ4n) is 13.6. The molecule has 4 aromatic heterocycles. The van der Waals surface area contributed by atoms with Gasteiger partial charge in [-0.15, -0.1) is 0 Å². The van der Waals surface area contributed by atoms with Crippen molar-refractivity contribution in [2.24, 2.45) is 0 Å². The fourth-order valence-corrected chi connectivity index (χ4v) is 13.6. The van der Waals surface area contributed by atoms with E-state index >= 15 is 0 Å². The molecule has 0 fully saturated rings. The number of benzene rings is 12. The van der Waals surface area contributed by atoms with Crippen LogP contribution in [0.4, 0.5) is 0 Å². The molecule has 4 heterocycles. The number of carbonyl (C=O) groups is 4. The summed E-state index contributed by atoms with van der Waals surface area (Å²) < 4.78 is 24.2. The summed E-state index contributed by atoms with van der Waals surface area (Å²) in [6.07, 6.45) is 0. The van der Waals surface area contributed by atoms with Crippen molar-refractivity contribution in [3.63, 3.8) is 0 Å². The molecule has 0 bridgehead atoms. The van der Waals surface area contributed by atoms with Crippen LogP contribution in [0.1, 0.15) is 74.8 Å². The summed E-state index contributed by atoms with van der Waals surface area (Å²) in [6.45, 7) is 11.2. The van der Waals surface area contributed by atoms with E-state index in [1.807, 2.05) is 59.7 Å². The van der Waals surface area contributed by atoms with Gasteiger partial charge in [0.2, 0.25) is 0 Å². The highest BCUT2D eigenvalue weighted by atomic mass is 16.5. The van der Waals surface area contributed by atoms with Gasteiger partial charge in [0, 0.05) is 28.3 Å². The molecule has 0 aliphatic carbocycles. The Hall–Kier alpha value is -17.2. The van der Waals surface area contributed by atoms with E-state index < -0.39 is 23.9 Å². The van der Waals surface area contributed by atoms with Crippen LogP contribution in [0.2, 0.25) is 0 Å². The molecular weight excluding hydrogens is 1630 g/mol. The van der Waals surface area contributed by atoms with Gasteiger partial charge >= 0.3 is 23.9 Å². The van der Waals surface area contributed by atoms with Crippen molar-refractivity contribution in [1.82, 2.24) is 59.8 Å². The van der Waals surface area contributed by atoms with Crippen molar-refractivity contribution >= 4 is 23.9 Å². The van der Waals surface area contributed by atoms with Crippen LogP contribution < -0.4 is 4.74 Å². The highest BCUT2D eigenvalue weighted by Gasteiger charge is 2.25. The molecule has 29 heteroatoms. The summed E-state index contributed by atoms with van der Waals surface area (Å²) in [5.41, 5.74) is 12.6. The largest absolute Gasteiger partial charge is 0.507 e. The first-order valence-electron chi connectivity index (χ1n) is 39.3. The van der Waals surface area contributed by atoms with E-state index in [9.17, 15) is 60.0 Å². The summed E-state index contributed by atoms with van der Waals surface area (Å²) in [4.78, 5) is 102. The van der Waals surface area contributed by atoms with Crippen LogP contribution in [0.25, 0.3) is 137 Å². The van der Waals surface area contributed by atoms with Gasteiger partial charge in [-0.05, 0) is 196 Å². The highest BCUT2D eigenvalue weighted by molar-refractivity contribution is 5.92. The van der Waals surface area contributed by atoms with E-state index in [1.165, 1.54) is 41.6 Å². The topological polar surface area (TPSA) is 431 Å². The van der Waals surface area contributed by atoms with Crippen molar-refractivity contribution in [2.75, 3.05) is 35.5 Å². The molecule has 0 atom stereocenters. The van der Waals surface area contributed by atoms with Crippen molar-refractivity contribution in [1.29, 1.82) is 0 Å². The number of esters is 4. The number of phenolic OH excluding ortho intramolecular Hbond substituents is 8. The Morgan fingerprint density at radius 1 is 0.227 bits per heavy atom. The number of para-hydroxylation sites is 4. The first-order valence-corrected chi connectivity index (χ1v) is 39.3. The molecule has 0 saturated carbocycles. The standard InChI is InChI=1S/C25H21N3O5.2C25H21N3O4.C24H19N3O4/c1-14-12-17(32-2)13-20(30)21(14)24-27-22(15-8-10-16(11-9-15)25(31)33-3)26-23(28-24)18-6-4-5-7-19(18)29;1-14-12-15(2)21(30)19(13-14)24-27-22(16-8-10-17(11-9-16)25(31)32-3)26-23(28-24)18-6-4-5-7-20(18)29;1-14-12-15(2)21(20(30)13-14)24-27-22(16-8-10-17(11-9-16)25(31)32-3)26-23(28-24)18-6-4-5-7-19(18)29;1-14-6-5-9-19(29)20(14)23-26-21(15-10-12-16(13-11-15)24(30)31-2)25-22(27-23)17-7-3-4-8-18(17)28/h4-13,29-30H,1-3H3;2*4-13,29-30H,1-3H3;3-13,28-29H,1-2H3. The van der Waals surface area contributed by atoms with Gasteiger partial charge in [0.25, 0.3) is 0 Å². The normalized spacial score (nSPS) is 10.7. The Balaban J connectivity index is 0.000000146. The number of aryl methyl sites for hydroxylation is 6. The summed E-state index contributed by atoms with van der Waals surface area (Å²) in [5, 5.41) is 83.8. The summed E-state index contributed by atoms with van der Waals surface area (Å²) in [6, 6.07) is 69.2.